The number of halogens is 1. The molecule has 0 aliphatic carbocycles. The summed E-state index contributed by atoms with van der Waals surface area (Å²) in [6, 6.07) is 10.1. The lowest BCUT2D eigenvalue weighted by atomic mass is 10.1. The Bertz CT molecular complexity index is 655. The molecule has 1 aromatic carbocycles. The van der Waals surface area contributed by atoms with Gasteiger partial charge in [0.05, 0.1) is 4.83 Å². The van der Waals surface area contributed by atoms with Crippen molar-refractivity contribution in [2.24, 2.45) is 0 Å². The van der Waals surface area contributed by atoms with Gasteiger partial charge in [-0.2, -0.15) is 0 Å². The SMILES string of the molecule is CCc1ccsc1C(Br)Cc1nc2ccccc2o1. The Morgan fingerprint density at radius 2 is 2.16 bits per heavy atom. The lowest BCUT2D eigenvalue weighted by Crippen LogP contribution is -1.96. The fourth-order valence-electron chi connectivity index (χ4n) is 2.17. The second-order valence-electron chi connectivity index (χ2n) is 4.41. The van der Waals surface area contributed by atoms with Crippen LogP contribution in [0.1, 0.15) is 28.1 Å². The first-order valence-corrected chi connectivity index (χ1v) is 8.12. The first kappa shape index (κ1) is 12.9. The van der Waals surface area contributed by atoms with E-state index in [0.29, 0.717) is 0 Å². The predicted molar refractivity (Wildman–Crippen MR) is 83.1 cm³/mol. The Hall–Kier alpha value is -1.13. The van der Waals surface area contributed by atoms with Gasteiger partial charge in [-0.25, -0.2) is 4.98 Å². The van der Waals surface area contributed by atoms with Gasteiger partial charge in [-0.3, -0.25) is 0 Å². The molecule has 0 saturated heterocycles. The highest BCUT2D eigenvalue weighted by molar-refractivity contribution is 9.09. The van der Waals surface area contributed by atoms with Gasteiger partial charge < -0.3 is 4.42 Å². The summed E-state index contributed by atoms with van der Waals surface area (Å²) in [4.78, 5) is 6.18. The van der Waals surface area contributed by atoms with Crippen LogP contribution in [0.2, 0.25) is 0 Å². The molecular formula is C15H14BrNOS. The zero-order valence-corrected chi connectivity index (χ0v) is 13.0. The highest BCUT2D eigenvalue weighted by Crippen LogP contribution is 2.34. The maximum Gasteiger partial charge on any atom is 0.196 e. The summed E-state index contributed by atoms with van der Waals surface area (Å²) in [6.07, 6.45) is 1.84. The average Bonchev–Trinajstić information content (AvgIpc) is 3.03. The van der Waals surface area contributed by atoms with Crippen LogP contribution in [0, 0.1) is 0 Å². The number of benzene rings is 1. The Morgan fingerprint density at radius 1 is 1.32 bits per heavy atom. The third kappa shape index (κ3) is 2.60. The topological polar surface area (TPSA) is 26.0 Å². The Balaban J connectivity index is 1.84. The van der Waals surface area contributed by atoms with E-state index in [4.69, 9.17) is 4.42 Å². The maximum absolute atomic E-state index is 5.77. The van der Waals surface area contributed by atoms with E-state index in [2.05, 4.69) is 39.3 Å². The number of alkyl halides is 1. The molecule has 2 heterocycles. The number of aromatic nitrogens is 1. The molecule has 0 fully saturated rings. The first-order chi connectivity index (χ1) is 9.28. The molecular weight excluding hydrogens is 322 g/mol. The first-order valence-electron chi connectivity index (χ1n) is 6.32. The molecule has 1 atom stereocenters. The van der Waals surface area contributed by atoms with Crippen molar-refractivity contribution in [2.45, 2.75) is 24.6 Å². The second-order valence-corrected chi connectivity index (χ2v) is 6.46. The highest BCUT2D eigenvalue weighted by Gasteiger charge is 2.16. The van der Waals surface area contributed by atoms with Gasteiger partial charge in [0, 0.05) is 11.3 Å². The predicted octanol–water partition coefficient (Wildman–Crippen LogP) is 5.13. The molecule has 0 amide bonds. The van der Waals surface area contributed by atoms with Crippen molar-refractivity contribution in [3.05, 3.63) is 52.0 Å². The fraction of sp³-hybridized carbons (Fsp3) is 0.267. The van der Waals surface area contributed by atoms with E-state index in [1.54, 1.807) is 11.3 Å². The Kier molecular flexibility index (Phi) is 3.71. The van der Waals surface area contributed by atoms with Crippen LogP contribution in [0.5, 0.6) is 0 Å². The summed E-state index contributed by atoms with van der Waals surface area (Å²) < 4.78 is 5.77. The number of nitrogens with zero attached hydrogens (tertiary/aromatic N) is 1. The molecule has 19 heavy (non-hydrogen) atoms. The van der Waals surface area contributed by atoms with Crippen LogP contribution in [0.3, 0.4) is 0 Å². The van der Waals surface area contributed by atoms with Crippen molar-refractivity contribution in [1.29, 1.82) is 0 Å². The van der Waals surface area contributed by atoms with E-state index in [1.165, 1.54) is 10.4 Å². The highest BCUT2D eigenvalue weighted by atomic mass is 79.9. The monoisotopic (exact) mass is 335 g/mol. The molecule has 2 nitrogen and oxygen atoms in total. The molecule has 2 aromatic heterocycles. The van der Waals surface area contributed by atoms with Crippen molar-refractivity contribution >= 4 is 38.4 Å². The quantitative estimate of drug-likeness (QED) is 0.617. The number of thiophene rings is 1. The summed E-state index contributed by atoms with van der Waals surface area (Å²) in [5, 5.41) is 2.15. The van der Waals surface area contributed by atoms with Crippen LogP contribution in [0.15, 0.2) is 40.1 Å². The largest absolute Gasteiger partial charge is 0.441 e. The van der Waals surface area contributed by atoms with Gasteiger partial charge in [-0.05, 0) is 35.6 Å². The lowest BCUT2D eigenvalue weighted by Gasteiger charge is -2.07. The van der Waals surface area contributed by atoms with E-state index < -0.39 is 0 Å². The van der Waals surface area contributed by atoms with Gasteiger partial charge in [-0.1, -0.05) is 35.0 Å². The molecule has 0 saturated carbocycles. The number of para-hydroxylation sites is 2. The van der Waals surface area contributed by atoms with Gasteiger partial charge in [0.2, 0.25) is 0 Å². The summed E-state index contributed by atoms with van der Waals surface area (Å²) in [7, 11) is 0. The van der Waals surface area contributed by atoms with Crippen LogP contribution >= 0.6 is 27.3 Å². The second kappa shape index (κ2) is 5.47. The Labute approximate surface area is 124 Å². The fourth-order valence-corrected chi connectivity index (χ4v) is 4.04. The smallest absolute Gasteiger partial charge is 0.196 e. The van der Waals surface area contributed by atoms with E-state index in [-0.39, 0.29) is 4.83 Å². The molecule has 0 spiro atoms. The summed E-state index contributed by atoms with van der Waals surface area (Å²) in [5.74, 6) is 0.790. The molecule has 0 radical (unpaired) electrons. The van der Waals surface area contributed by atoms with Gasteiger partial charge in [0.1, 0.15) is 5.52 Å². The van der Waals surface area contributed by atoms with Crippen LogP contribution < -0.4 is 0 Å². The molecule has 98 valence electrons. The molecule has 0 N–H and O–H groups in total. The molecule has 0 bridgehead atoms. The minimum Gasteiger partial charge on any atom is -0.441 e. The average molecular weight is 336 g/mol. The van der Waals surface area contributed by atoms with Crippen molar-refractivity contribution in [1.82, 2.24) is 4.98 Å². The van der Waals surface area contributed by atoms with Crippen molar-refractivity contribution in [3.8, 4) is 0 Å². The summed E-state index contributed by atoms with van der Waals surface area (Å²) in [5.41, 5.74) is 3.20. The molecule has 0 aliphatic rings. The molecule has 3 rings (SSSR count). The molecule has 0 aliphatic heterocycles. The number of aryl methyl sites for hydroxylation is 1. The molecule has 4 heteroatoms. The summed E-state index contributed by atoms with van der Waals surface area (Å²) in [6.45, 7) is 2.19. The van der Waals surface area contributed by atoms with Crippen LogP contribution in [0.4, 0.5) is 0 Å². The van der Waals surface area contributed by atoms with Crippen molar-refractivity contribution < 1.29 is 4.42 Å². The van der Waals surface area contributed by atoms with Gasteiger partial charge >= 0.3 is 0 Å². The number of hydrogen-bond acceptors (Lipinski definition) is 3. The number of oxazole rings is 1. The van der Waals surface area contributed by atoms with Crippen LogP contribution in [-0.2, 0) is 12.8 Å². The number of fused-ring (bicyclic) bond motifs is 1. The number of hydrogen-bond donors (Lipinski definition) is 0. The summed E-state index contributed by atoms with van der Waals surface area (Å²) >= 11 is 5.55. The van der Waals surface area contributed by atoms with E-state index in [9.17, 15) is 0 Å². The normalized spacial score (nSPS) is 12.9. The standard InChI is InChI=1S/C15H14BrNOS/c1-2-10-7-8-19-15(10)11(16)9-14-17-12-5-3-4-6-13(12)18-14/h3-8,11H,2,9H2,1H3. The van der Waals surface area contributed by atoms with E-state index >= 15 is 0 Å². The lowest BCUT2D eigenvalue weighted by molar-refractivity contribution is 0.528. The zero-order valence-electron chi connectivity index (χ0n) is 10.6. The minimum atomic E-state index is 0.274. The minimum absolute atomic E-state index is 0.274. The maximum atomic E-state index is 5.77. The van der Waals surface area contributed by atoms with Gasteiger partial charge in [-0.15, -0.1) is 11.3 Å². The van der Waals surface area contributed by atoms with Crippen molar-refractivity contribution in [2.75, 3.05) is 0 Å². The Morgan fingerprint density at radius 3 is 2.95 bits per heavy atom. The van der Waals surface area contributed by atoms with Crippen LogP contribution in [-0.4, -0.2) is 4.98 Å². The third-order valence-electron chi connectivity index (χ3n) is 3.14. The van der Waals surface area contributed by atoms with Gasteiger partial charge in [0.15, 0.2) is 11.5 Å². The van der Waals surface area contributed by atoms with Crippen LogP contribution in [0.25, 0.3) is 11.1 Å². The number of rotatable bonds is 4. The van der Waals surface area contributed by atoms with E-state index in [1.807, 2.05) is 24.3 Å². The van der Waals surface area contributed by atoms with Crippen molar-refractivity contribution in [3.63, 3.8) is 0 Å². The molecule has 1 unspecified atom stereocenters. The van der Waals surface area contributed by atoms with Gasteiger partial charge in [0.25, 0.3) is 0 Å². The molecule has 3 aromatic rings. The third-order valence-corrected chi connectivity index (χ3v) is 5.30. The van der Waals surface area contributed by atoms with E-state index in [0.717, 1.165) is 29.8 Å². The zero-order chi connectivity index (χ0) is 13.2.